The second-order valence-electron chi connectivity index (χ2n) is 6.29. The van der Waals surface area contributed by atoms with Crippen LogP contribution in [0.3, 0.4) is 0 Å². The van der Waals surface area contributed by atoms with Crippen LogP contribution in [0.1, 0.15) is 37.8 Å². The molecule has 0 radical (unpaired) electrons. The van der Waals surface area contributed by atoms with Gasteiger partial charge < -0.3 is 16.0 Å². The monoisotopic (exact) mass is 390 g/mol. The van der Waals surface area contributed by atoms with Crippen molar-refractivity contribution in [2.24, 2.45) is 5.73 Å². The van der Waals surface area contributed by atoms with Crippen LogP contribution in [0.5, 0.6) is 0 Å². The Morgan fingerprint density at radius 3 is 2.52 bits per heavy atom. The summed E-state index contributed by atoms with van der Waals surface area (Å²) in [6.45, 7) is 0.565. The summed E-state index contributed by atoms with van der Waals surface area (Å²) in [6, 6.07) is 5.72. The first kappa shape index (κ1) is 23.6. The van der Waals surface area contributed by atoms with Crippen LogP contribution in [-0.2, 0) is 16.0 Å². The fourth-order valence-corrected chi connectivity index (χ4v) is 2.83. The van der Waals surface area contributed by atoms with Crippen LogP contribution >= 0.6 is 24.8 Å². The normalized spacial score (nSPS) is 15.3. The van der Waals surface area contributed by atoms with Gasteiger partial charge in [0.05, 0.1) is 12.1 Å². The summed E-state index contributed by atoms with van der Waals surface area (Å²) in [5, 5.41) is 2.70. The van der Waals surface area contributed by atoms with Gasteiger partial charge in [0.25, 0.3) is 0 Å². The number of amides is 2. The molecule has 142 valence electrons. The Bertz CT molecular complexity index is 537. The minimum atomic E-state index is -0.801. The number of halogens is 2. The molecule has 2 rings (SSSR count). The zero-order valence-electron chi connectivity index (χ0n) is 14.6. The third kappa shape index (κ3) is 7.18. The molecule has 2 amide bonds. The SMILES string of the molecule is CN(CCc1ccccn1)C(=O)CNC(=O)C1(N)CCCCC1.Cl.Cl. The Hall–Kier alpha value is -1.37. The molecule has 25 heavy (non-hydrogen) atoms. The van der Waals surface area contributed by atoms with Crippen molar-refractivity contribution in [3.8, 4) is 0 Å². The number of carbonyl (C=O) groups excluding carboxylic acids is 2. The van der Waals surface area contributed by atoms with Gasteiger partial charge >= 0.3 is 0 Å². The molecule has 0 spiro atoms. The van der Waals surface area contributed by atoms with Crippen LogP contribution < -0.4 is 11.1 Å². The Morgan fingerprint density at radius 2 is 1.92 bits per heavy atom. The summed E-state index contributed by atoms with van der Waals surface area (Å²) in [6.07, 6.45) is 6.90. The van der Waals surface area contributed by atoms with Crippen molar-refractivity contribution in [1.29, 1.82) is 0 Å². The average molecular weight is 391 g/mol. The first-order chi connectivity index (χ1) is 11.0. The predicted octanol–water partition coefficient (Wildman–Crippen LogP) is 1.70. The van der Waals surface area contributed by atoms with Crippen LogP contribution in [0.25, 0.3) is 0 Å². The van der Waals surface area contributed by atoms with Gasteiger partial charge in [-0.25, -0.2) is 0 Å². The lowest BCUT2D eigenvalue weighted by atomic mass is 9.82. The number of aromatic nitrogens is 1. The molecule has 8 heteroatoms. The quantitative estimate of drug-likeness (QED) is 0.773. The fraction of sp³-hybridized carbons (Fsp3) is 0.588. The number of nitrogens with one attached hydrogen (secondary N) is 1. The minimum absolute atomic E-state index is 0. The number of hydrogen-bond donors (Lipinski definition) is 2. The van der Waals surface area contributed by atoms with Gasteiger partial charge in [0.1, 0.15) is 0 Å². The first-order valence-electron chi connectivity index (χ1n) is 8.22. The van der Waals surface area contributed by atoms with Crippen LogP contribution in [0, 0.1) is 0 Å². The second kappa shape index (κ2) is 11.3. The number of hydrogen-bond acceptors (Lipinski definition) is 4. The Labute approximate surface area is 161 Å². The maximum absolute atomic E-state index is 12.2. The number of carbonyl (C=O) groups is 2. The molecule has 1 fully saturated rings. The molecular weight excluding hydrogens is 363 g/mol. The molecule has 0 atom stereocenters. The smallest absolute Gasteiger partial charge is 0.241 e. The van der Waals surface area contributed by atoms with E-state index >= 15 is 0 Å². The van der Waals surface area contributed by atoms with E-state index in [0.29, 0.717) is 25.8 Å². The van der Waals surface area contributed by atoms with Crippen molar-refractivity contribution in [1.82, 2.24) is 15.2 Å². The van der Waals surface area contributed by atoms with Crippen LogP contribution in [0.2, 0.25) is 0 Å². The van der Waals surface area contributed by atoms with Crippen molar-refractivity contribution in [2.75, 3.05) is 20.1 Å². The average Bonchev–Trinajstić information content (AvgIpc) is 2.58. The summed E-state index contributed by atoms with van der Waals surface area (Å²) < 4.78 is 0. The summed E-state index contributed by atoms with van der Waals surface area (Å²) in [4.78, 5) is 30.2. The molecule has 1 aromatic heterocycles. The molecule has 3 N–H and O–H groups in total. The lowest BCUT2D eigenvalue weighted by Gasteiger charge is -2.31. The van der Waals surface area contributed by atoms with Gasteiger partial charge in [0.15, 0.2) is 0 Å². The maximum atomic E-state index is 12.2. The van der Waals surface area contributed by atoms with Gasteiger partial charge in [-0.2, -0.15) is 0 Å². The highest BCUT2D eigenvalue weighted by Crippen LogP contribution is 2.25. The maximum Gasteiger partial charge on any atom is 0.241 e. The molecule has 0 aromatic carbocycles. The van der Waals surface area contributed by atoms with Crippen molar-refractivity contribution in [3.05, 3.63) is 30.1 Å². The Balaban J connectivity index is 0.00000288. The zero-order valence-corrected chi connectivity index (χ0v) is 16.2. The highest BCUT2D eigenvalue weighted by atomic mass is 35.5. The van der Waals surface area contributed by atoms with Gasteiger partial charge in [-0.05, 0) is 25.0 Å². The van der Waals surface area contributed by atoms with Gasteiger partial charge in [-0.15, -0.1) is 24.8 Å². The van der Waals surface area contributed by atoms with Crippen LogP contribution in [-0.4, -0.2) is 47.4 Å². The summed E-state index contributed by atoms with van der Waals surface area (Å²) in [5.41, 5.74) is 6.30. The van der Waals surface area contributed by atoms with Crippen molar-refractivity contribution in [2.45, 2.75) is 44.1 Å². The van der Waals surface area contributed by atoms with Gasteiger partial charge in [-0.1, -0.05) is 25.3 Å². The predicted molar refractivity (Wildman–Crippen MR) is 103 cm³/mol. The third-order valence-electron chi connectivity index (χ3n) is 4.45. The van der Waals surface area contributed by atoms with E-state index in [1.54, 1.807) is 18.1 Å². The van der Waals surface area contributed by atoms with E-state index < -0.39 is 5.54 Å². The fourth-order valence-electron chi connectivity index (χ4n) is 2.83. The minimum Gasteiger partial charge on any atom is -0.345 e. The molecular formula is C17H28Cl2N4O2. The lowest BCUT2D eigenvalue weighted by Crippen LogP contribution is -2.56. The number of pyridine rings is 1. The van der Waals surface area contributed by atoms with Crippen LogP contribution in [0.4, 0.5) is 0 Å². The topological polar surface area (TPSA) is 88.3 Å². The molecule has 1 aliphatic rings. The molecule has 1 saturated carbocycles. The van der Waals surface area contributed by atoms with Gasteiger partial charge in [-0.3, -0.25) is 14.6 Å². The molecule has 0 saturated heterocycles. The van der Waals surface area contributed by atoms with E-state index in [0.717, 1.165) is 25.0 Å². The number of rotatable bonds is 6. The number of nitrogens with two attached hydrogens (primary N) is 1. The van der Waals surface area contributed by atoms with Crippen LogP contribution in [0.15, 0.2) is 24.4 Å². The summed E-state index contributed by atoms with van der Waals surface area (Å²) >= 11 is 0. The molecule has 0 unspecified atom stereocenters. The second-order valence-corrected chi connectivity index (χ2v) is 6.29. The van der Waals surface area contributed by atoms with Gasteiger partial charge in [0.2, 0.25) is 11.8 Å². The zero-order chi connectivity index (χ0) is 16.7. The van der Waals surface area contributed by atoms with E-state index in [2.05, 4.69) is 10.3 Å². The van der Waals surface area contributed by atoms with E-state index in [4.69, 9.17) is 5.73 Å². The highest BCUT2D eigenvalue weighted by Gasteiger charge is 2.35. The Kier molecular flexibility index (Phi) is 10.7. The molecule has 6 nitrogen and oxygen atoms in total. The third-order valence-corrected chi connectivity index (χ3v) is 4.45. The van der Waals surface area contributed by atoms with E-state index in [9.17, 15) is 9.59 Å². The molecule has 0 aliphatic heterocycles. The van der Waals surface area contributed by atoms with Gasteiger partial charge in [0, 0.05) is 31.9 Å². The largest absolute Gasteiger partial charge is 0.345 e. The highest BCUT2D eigenvalue weighted by molar-refractivity contribution is 5.90. The van der Waals surface area contributed by atoms with E-state index in [1.165, 1.54) is 0 Å². The summed E-state index contributed by atoms with van der Waals surface area (Å²) in [7, 11) is 1.73. The van der Waals surface area contributed by atoms with E-state index in [1.807, 2.05) is 18.2 Å². The molecule has 1 heterocycles. The first-order valence-corrected chi connectivity index (χ1v) is 8.22. The Morgan fingerprint density at radius 1 is 1.24 bits per heavy atom. The number of likely N-dealkylation sites (N-methyl/N-ethyl adjacent to an activating group) is 1. The lowest BCUT2D eigenvalue weighted by molar-refractivity contribution is -0.134. The number of nitrogens with zero attached hydrogens (tertiary/aromatic N) is 2. The molecule has 1 aliphatic carbocycles. The van der Waals surface area contributed by atoms with Crippen molar-refractivity contribution < 1.29 is 9.59 Å². The summed E-state index contributed by atoms with van der Waals surface area (Å²) in [5.74, 6) is -0.322. The standard InChI is InChI=1S/C17H26N4O2.2ClH/c1-21(12-8-14-7-3-6-11-19-14)15(22)13-20-16(23)17(18)9-4-2-5-10-17;;/h3,6-7,11H,2,4-5,8-10,12-13,18H2,1H3,(H,20,23);2*1H. The van der Waals surface area contributed by atoms with E-state index in [-0.39, 0.29) is 43.2 Å². The molecule has 0 bridgehead atoms. The molecule has 1 aromatic rings. The van der Waals surface area contributed by atoms with Crippen molar-refractivity contribution >= 4 is 36.6 Å². The van der Waals surface area contributed by atoms with Crippen molar-refractivity contribution in [3.63, 3.8) is 0 Å².